The third-order valence-corrected chi connectivity index (χ3v) is 5.82. The van der Waals surface area contributed by atoms with E-state index in [1.807, 2.05) is 36.1 Å². The van der Waals surface area contributed by atoms with Crippen molar-refractivity contribution in [2.45, 2.75) is 58.7 Å². The van der Waals surface area contributed by atoms with Crippen LogP contribution in [-0.2, 0) is 20.1 Å². The number of β-amino-alcohol motifs (C(OH)–C–C–N with tert-alkyl or cyclic N) is 1. The number of anilines is 2. The Balaban J connectivity index is 1.86. The monoisotopic (exact) mass is 411 g/mol. The van der Waals surface area contributed by atoms with Gasteiger partial charge in [0, 0.05) is 19.3 Å². The Kier molecular flexibility index (Phi) is 5.51. The summed E-state index contributed by atoms with van der Waals surface area (Å²) in [6, 6.07) is 7.95. The second-order valence-corrected chi connectivity index (χ2v) is 8.15. The second kappa shape index (κ2) is 8.10. The third kappa shape index (κ3) is 3.45. The zero-order valence-corrected chi connectivity index (χ0v) is 17.8. The van der Waals surface area contributed by atoms with Crippen LogP contribution in [0.3, 0.4) is 0 Å². The van der Waals surface area contributed by atoms with Crippen molar-refractivity contribution < 1.29 is 5.11 Å². The third-order valence-electron chi connectivity index (χ3n) is 5.82. The van der Waals surface area contributed by atoms with E-state index in [-0.39, 0.29) is 17.8 Å². The van der Waals surface area contributed by atoms with E-state index >= 15 is 0 Å². The summed E-state index contributed by atoms with van der Waals surface area (Å²) in [5, 5.41) is 10.5. The molecule has 160 valence electrons. The van der Waals surface area contributed by atoms with Crippen LogP contribution in [-0.4, -0.2) is 36.4 Å². The molecule has 0 saturated carbocycles. The molecule has 0 fully saturated rings. The molecule has 0 saturated heterocycles. The van der Waals surface area contributed by atoms with Crippen LogP contribution in [0.4, 0.5) is 11.6 Å². The molecule has 8 nitrogen and oxygen atoms in total. The number of aromatic nitrogens is 4. The number of rotatable bonds is 6. The number of fused-ring (bicyclic) bond motifs is 3. The first kappa shape index (κ1) is 20.4. The molecule has 1 unspecified atom stereocenters. The first-order chi connectivity index (χ1) is 14.4. The lowest BCUT2D eigenvalue weighted by atomic mass is 10.2. The van der Waals surface area contributed by atoms with Crippen LogP contribution in [0.5, 0.6) is 0 Å². The smallest absolute Gasteiger partial charge is 0.332 e. The molecule has 0 amide bonds. The number of aryl methyl sites for hydroxylation is 2. The zero-order valence-electron chi connectivity index (χ0n) is 17.8. The number of aliphatic hydroxyl groups is 1. The molecule has 30 heavy (non-hydrogen) atoms. The van der Waals surface area contributed by atoms with Crippen molar-refractivity contribution in [1.29, 1.82) is 0 Å². The summed E-state index contributed by atoms with van der Waals surface area (Å²) in [6.07, 6.45) is 3.29. The summed E-state index contributed by atoms with van der Waals surface area (Å²) in [4.78, 5) is 32.7. The summed E-state index contributed by atoms with van der Waals surface area (Å²) >= 11 is 0. The van der Waals surface area contributed by atoms with Crippen LogP contribution >= 0.6 is 0 Å². The Bertz CT molecular complexity index is 1170. The molecule has 2 aromatic heterocycles. The highest BCUT2D eigenvalue weighted by Gasteiger charge is 2.30. The molecule has 8 heteroatoms. The standard InChI is InChI=1S/C22H29N5O3/c1-4-5-6-7-12-25-20(29)18-19(24(3)22(25)30)23-21-26(13-17(28)14-27(18)21)16-10-8-15(2)9-11-16/h8-11,17,28H,4-7,12-14H2,1-3H3. The predicted molar refractivity (Wildman–Crippen MR) is 118 cm³/mol. The molecule has 4 rings (SSSR count). The number of hydrogen-bond acceptors (Lipinski definition) is 5. The maximum atomic E-state index is 13.3. The van der Waals surface area contributed by atoms with Gasteiger partial charge in [0.1, 0.15) is 0 Å². The van der Waals surface area contributed by atoms with Gasteiger partial charge in [0.15, 0.2) is 11.2 Å². The Morgan fingerprint density at radius 3 is 2.53 bits per heavy atom. The molecule has 0 bridgehead atoms. The van der Waals surface area contributed by atoms with Crippen LogP contribution < -0.4 is 16.1 Å². The molecule has 0 radical (unpaired) electrons. The van der Waals surface area contributed by atoms with Crippen molar-refractivity contribution in [1.82, 2.24) is 18.7 Å². The van der Waals surface area contributed by atoms with E-state index in [9.17, 15) is 14.7 Å². The molecule has 0 spiro atoms. The van der Waals surface area contributed by atoms with E-state index in [2.05, 4.69) is 11.9 Å². The topological polar surface area (TPSA) is 85.3 Å². The van der Waals surface area contributed by atoms with Gasteiger partial charge in [0.05, 0.1) is 19.2 Å². The van der Waals surface area contributed by atoms with Gasteiger partial charge in [-0.15, -0.1) is 0 Å². The molecule has 0 aliphatic carbocycles. The maximum Gasteiger partial charge on any atom is 0.332 e. The number of imidazole rings is 1. The highest BCUT2D eigenvalue weighted by molar-refractivity contribution is 5.77. The fraction of sp³-hybridized carbons (Fsp3) is 0.500. The SMILES string of the molecule is CCCCCCn1c(=O)c2c(nc3n2CC(O)CN3c2ccc(C)cc2)n(C)c1=O. The molecule has 1 atom stereocenters. The summed E-state index contributed by atoms with van der Waals surface area (Å²) in [7, 11) is 1.65. The normalized spacial score (nSPS) is 16.3. The molecular weight excluding hydrogens is 382 g/mol. The quantitative estimate of drug-likeness (QED) is 0.629. The van der Waals surface area contributed by atoms with Crippen molar-refractivity contribution in [3.63, 3.8) is 0 Å². The van der Waals surface area contributed by atoms with Gasteiger partial charge in [-0.05, 0) is 25.5 Å². The first-order valence-electron chi connectivity index (χ1n) is 10.6. The fourth-order valence-electron chi connectivity index (χ4n) is 4.14. The molecular formula is C22H29N5O3. The lowest BCUT2D eigenvalue weighted by Crippen LogP contribution is -2.41. The van der Waals surface area contributed by atoms with Crippen molar-refractivity contribution in [3.05, 3.63) is 50.7 Å². The Labute approximate surface area is 175 Å². The molecule has 3 heterocycles. The van der Waals surface area contributed by atoms with E-state index in [1.165, 1.54) is 9.13 Å². The molecule has 1 aliphatic rings. The number of unbranched alkanes of at least 4 members (excludes halogenated alkanes) is 3. The molecule has 1 aliphatic heterocycles. The predicted octanol–water partition coefficient (Wildman–Crippen LogP) is 2.30. The van der Waals surface area contributed by atoms with Gasteiger partial charge >= 0.3 is 5.69 Å². The highest BCUT2D eigenvalue weighted by Crippen LogP contribution is 2.31. The lowest BCUT2D eigenvalue weighted by Gasteiger charge is -2.32. The molecule has 1 N–H and O–H groups in total. The minimum Gasteiger partial charge on any atom is -0.389 e. The number of hydrogen-bond donors (Lipinski definition) is 1. The number of aliphatic hydroxyl groups excluding tert-OH is 1. The van der Waals surface area contributed by atoms with Gasteiger partial charge in [0.2, 0.25) is 5.95 Å². The molecule has 1 aromatic carbocycles. The Hall–Kier alpha value is -2.87. The van der Waals surface area contributed by atoms with Crippen molar-refractivity contribution in [3.8, 4) is 0 Å². The summed E-state index contributed by atoms with van der Waals surface area (Å²) in [6.45, 7) is 5.19. The van der Waals surface area contributed by atoms with Gasteiger partial charge in [0.25, 0.3) is 5.56 Å². The minimum absolute atomic E-state index is 0.275. The van der Waals surface area contributed by atoms with Crippen LogP contribution in [0.1, 0.15) is 38.2 Å². The average Bonchev–Trinajstić information content (AvgIpc) is 3.11. The van der Waals surface area contributed by atoms with Gasteiger partial charge < -0.3 is 14.6 Å². The van der Waals surface area contributed by atoms with Crippen molar-refractivity contribution in [2.24, 2.45) is 7.05 Å². The van der Waals surface area contributed by atoms with E-state index < -0.39 is 6.10 Å². The lowest BCUT2D eigenvalue weighted by molar-refractivity contribution is 0.154. The van der Waals surface area contributed by atoms with Crippen molar-refractivity contribution >= 4 is 22.8 Å². The van der Waals surface area contributed by atoms with E-state index in [0.717, 1.165) is 36.9 Å². The van der Waals surface area contributed by atoms with Crippen LogP contribution in [0.25, 0.3) is 11.2 Å². The zero-order chi connectivity index (χ0) is 21.4. The van der Waals surface area contributed by atoms with Gasteiger partial charge in [-0.2, -0.15) is 4.98 Å². The van der Waals surface area contributed by atoms with Crippen LogP contribution in [0.15, 0.2) is 33.9 Å². The van der Waals surface area contributed by atoms with Crippen LogP contribution in [0.2, 0.25) is 0 Å². The highest BCUT2D eigenvalue weighted by atomic mass is 16.3. The largest absolute Gasteiger partial charge is 0.389 e. The fourth-order valence-corrected chi connectivity index (χ4v) is 4.14. The Morgan fingerprint density at radius 1 is 1.10 bits per heavy atom. The Morgan fingerprint density at radius 2 is 1.83 bits per heavy atom. The summed E-state index contributed by atoms with van der Waals surface area (Å²) in [5.41, 5.74) is 2.08. The van der Waals surface area contributed by atoms with E-state index in [0.29, 0.717) is 30.2 Å². The summed E-state index contributed by atoms with van der Waals surface area (Å²) in [5.74, 6) is 0.579. The average molecular weight is 412 g/mol. The number of benzene rings is 1. The molecule has 3 aromatic rings. The first-order valence-corrected chi connectivity index (χ1v) is 10.6. The minimum atomic E-state index is -0.647. The van der Waals surface area contributed by atoms with Crippen molar-refractivity contribution in [2.75, 3.05) is 11.4 Å². The van der Waals surface area contributed by atoms with E-state index in [4.69, 9.17) is 0 Å². The van der Waals surface area contributed by atoms with Gasteiger partial charge in [-0.25, -0.2) is 4.79 Å². The van der Waals surface area contributed by atoms with Gasteiger partial charge in [-0.1, -0.05) is 43.9 Å². The summed E-state index contributed by atoms with van der Waals surface area (Å²) < 4.78 is 4.51. The number of nitrogens with zero attached hydrogens (tertiary/aromatic N) is 5. The van der Waals surface area contributed by atoms with Crippen LogP contribution in [0, 0.1) is 6.92 Å². The second-order valence-electron chi connectivity index (χ2n) is 8.15. The van der Waals surface area contributed by atoms with E-state index in [1.54, 1.807) is 11.6 Å². The maximum absolute atomic E-state index is 13.3. The van der Waals surface area contributed by atoms with Gasteiger partial charge in [-0.3, -0.25) is 13.9 Å².